The van der Waals surface area contributed by atoms with Crippen LogP contribution in [0.4, 0.5) is 11.4 Å². The number of nitrogens with zero attached hydrogens (tertiary/aromatic N) is 2. The van der Waals surface area contributed by atoms with Gasteiger partial charge in [-0.2, -0.15) is 0 Å². The molecule has 0 radical (unpaired) electrons. The minimum atomic E-state index is -0.608. The number of esters is 1. The van der Waals surface area contributed by atoms with Gasteiger partial charge in [0.1, 0.15) is 5.25 Å². The van der Waals surface area contributed by atoms with Crippen LogP contribution in [-0.4, -0.2) is 46.3 Å². The van der Waals surface area contributed by atoms with Gasteiger partial charge in [0, 0.05) is 23.7 Å². The molecule has 1 unspecified atom stereocenters. The van der Waals surface area contributed by atoms with Gasteiger partial charge in [-0.25, -0.2) is 9.79 Å². The molecule has 0 aromatic heterocycles. The third kappa shape index (κ3) is 5.86. The molecule has 9 heteroatoms. The Morgan fingerprint density at radius 1 is 1.16 bits per heavy atom. The van der Waals surface area contributed by atoms with Gasteiger partial charge in [0.25, 0.3) is 0 Å². The Hall–Kier alpha value is -2.84. The summed E-state index contributed by atoms with van der Waals surface area (Å²) in [5.41, 5.74) is 1.60. The average molecular weight is 460 g/mol. The number of anilines is 1. The highest BCUT2D eigenvalue weighted by Crippen LogP contribution is 2.30. The third-order valence-corrected chi connectivity index (χ3v) is 5.90. The molecule has 2 aromatic rings. The number of halogens is 1. The number of ether oxygens (including phenoxy) is 1. The summed E-state index contributed by atoms with van der Waals surface area (Å²) >= 11 is 7.12. The fourth-order valence-corrected chi connectivity index (χ4v) is 4.19. The summed E-state index contributed by atoms with van der Waals surface area (Å²) in [6, 6.07) is 13.4. The van der Waals surface area contributed by atoms with Gasteiger partial charge >= 0.3 is 5.97 Å². The standard InChI is InChI=1S/C22H22ClN3O4S/c1-3-26-19(27)13-18(20(28)24-16-11-7-15(23)8-12-16)31-22(26)25-17-9-5-14(6-10-17)21(29)30-4-2/h5-12,18H,3-4,13H2,1-2H3,(H,24,28). The van der Waals surface area contributed by atoms with Crippen LogP contribution >= 0.6 is 23.4 Å². The molecule has 7 nitrogen and oxygen atoms in total. The number of amidine groups is 1. The molecular weight excluding hydrogens is 438 g/mol. The fourth-order valence-electron chi connectivity index (χ4n) is 2.91. The first-order chi connectivity index (χ1) is 14.9. The molecule has 1 aliphatic rings. The van der Waals surface area contributed by atoms with Crippen LogP contribution in [0.1, 0.15) is 30.6 Å². The second-order valence-electron chi connectivity index (χ2n) is 6.61. The minimum absolute atomic E-state index is 0.0821. The number of carbonyl (C=O) groups is 3. The Balaban J connectivity index is 1.77. The highest BCUT2D eigenvalue weighted by atomic mass is 35.5. The number of hydrogen-bond donors (Lipinski definition) is 1. The van der Waals surface area contributed by atoms with Gasteiger partial charge in [-0.05, 0) is 62.4 Å². The Bertz CT molecular complexity index is 993. The zero-order valence-electron chi connectivity index (χ0n) is 17.1. The largest absolute Gasteiger partial charge is 0.462 e. The molecule has 0 saturated carbocycles. The second kappa shape index (κ2) is 10.5. The molecule has 2 aromatic carbocycles. The summed E-state index contributed by atoms with van der Waals surface area (Å²) < 4.78 is 4.98. The van der Waals surface area contributed by atoms with Crippen molar-refractivity contribution >= 4 is 57.7 Å². The summed E-state index contributed by atoms with van der Waals surface area (Å²) in [4.78, 5) is 43.3. The van der Waals surface area contributed by atoms with Crippen LogP contribution in [0, 0.1) is 0 Å². The number of aliphatic imine (C=N–C) groups is 1. The number of hydrogen-bond acceptors (Lipinski definition) is 6. The minimum Gasteiger partial charge on any atom is -0.462 e. The lowest BCUT2D eigenvalue weighted by Crippen LogP contribution is -2.45. The topological polar surface area (TPSA) is 88.1 Å². The molecule has 0 spiro atoms. The maximum Gasteiger partial charge on any atom is 0.338 e. The molecule has 0 bridgehead atoms. The van der Waals surface area contributed by atoms with Crippen LogP contribution in [0.5, 0.6) is 0 Å². The predicted octanol–water partition coefficient (Wildman–Crippen LogP) is 4.50. The van der Waals surface area contributed by atoms with Crippen molar-refractivity contribution in [2.75, 3.05) is 18.5 Å². The molecule has 1 saturated heterocycles. The summed E-state index contributed by atoms with van der Waals surface area (Å²) in [5.74, 6) is -0.848. The van der Waals surface area contributed by atoms with E-state index in [1.165, 1.54) is 11.8 Å². The maximum absolute atomic E-state index is 12.7. The van der Waals surface area contributed by atoms with Crippen LogP contribution in [0.3, 0.4) is 0 Å². The van der Waals surface area contributed by atoms with E-state index < -0.39 is 11.2 Å². The molecule has 1 fully saturated rings. The summed E-state index contributed by atoms with van der Waals surface area (Å²) in [7, 11) is 0. The van der Waals surface area contributed by atoms with Crippen molar-refractivity contribution in [3.63, 3.8) is 0 Å². The zero-order valence-corrected chi connectivity index (χ0v) is 18.7. The van der Waals surface area contributed by atoms with E-state index in [1.54, 1.807) is 60.4 Å². The number of rotatable bonds is 6. The monoisotopic (exact) mass is 459 g/mol. The Labute approximate surface area is 189 Å². The summed E-state index contributed by atoms with van der Waals surface area (Å²) in [5, 5.41) is 3.22. The van der Waals surface area contributed by atoms with E-state index in [0.29, 0.717) is 40.3 Å². The first kappa shape index (κ1) is 22.8. The molecule has 2 amide bonds. The molecule has 1 N–H and O–H groups in total. The second-order valence-corrected chi connectivity index (χ2v) is 8.21. The Morgan fingerprint density at radius 3 is 2.45 bits per heavy atom. The van der Waals surface area contributed by atoms with Crippen molar-refractivity contribution < 1.29 is 19.1 Å². The van der Waals surface area contributed by atoms with Gasteiger partial charge < -0.3 is 10.1 Å². The molecule has 162 valence electrons. The normalized spacial score (nSPS) is 17.5. The third-order valence-electron chi connectivity index (χ3n) is 4.46. The van der Waals surface area contributed by atoms with Crippen molar-refractivity contribution in [3.8, 4) is 0 Å². The van der Waals surface area contributed by atoms with Crippen LogP contribution in [0.2, 0.25) is 5.02 Å². The molecule has 3 rings (SSSR count). The first-order valence-corrected chi connectivity index (χ1v) is 11.1. The van der Waals surface area contributed by atoms with Gasteiger partial charge in [-0.3, -0.25) is 14.5 Å². The maximum atomic E-state index is 12.7. The molecule has 31 heavy (non-hydrogen) atoms. The molecule has 1 aliphatic heterocycles. The van der Waals surface area contributed by atoms with Gasteiger partial charge in [-0.1, -0.05) is 23.4 Å². The van der Waals surface area contributed by atoms with Crippen LogP contribution in [-0.2, 0) is 14.3 Å². The van der Waals surface area contributed by atoms with Crippen molar-refractivity contribution in [3.05, 3.63) is 59.1 Å². The van der Waals surface area contributed by atoms with Gasteiger partial charge in [0.15, 0.2) is 5.17 Å². The summed E-state index contributed by atoms with van der Waals surface area (Å²) in [6.07, 6.45) is 0.0821. The van der Waals surface area contributed by atoms with E-state index in [9.17, 15) is 14.4 Å². The van der Waals surface area contributed by atoms with E-state index in [0.717, 1.165) is 0 Å². The molecule has 1 atom stereocenters. The van der Waals surface area contributed by atoms with Gasteiger partial charge in [-0.15, -0.1) is 0 Å². The summed E-state index contributed by atoms with van der Waals surface area (Å²) in [6.45, 7) is 4.34. The van der Waals surface area contributed by atoms with E-state index >= 15 is 0 Å². The Morgan fingerprint density at radius 2 is 1.84 bits per heavy atom. The number of thioether (sulfide) groups is 1. The quantitative estimate of drug-likeness (QED) is 0.642. The smallest absolute Gasteiger partial charge is 0.338 e. The highest BCUT2D eigenvalue weighted by molar-refractivity contribution is 8.15. The van der Waals surface area contributed by atoms with Gasteiger partial charge in [0.2, 0.25) is 11.8 Å². The van der Waals surface area contributed by atoms with E-state index in [1.807, 2.05) is 6.92 Å². The lowest BCUT2D eigenvalue weighted by Gasteiger charge is -2.30. The lowest BCUT2D eigenvalue weighted by atomic mass is 10.2. The van der Waals surface area contributed by atoms with Crippen molar-refractivity contribution in [2.24, 2.45) is 4.99 Å². The van der Waals surface area contributed by atoms with Crippen molar-refractivity contribution in [1.82, 2.24) is 4.90 Å². The SMILES string of the molecule is CCOC(=O)c1ccc(N=C2SC(C(=O)Nc3ccc(Cl)cc3)CC(=O)N2CC)cc1. The van der Waals surface area contributed by atoms with Crippen LogP contribution in [0.15, 0.2) is 53.5 Å². The Kier molecular flexibility index (Phi) is 7.70. The predicted molar refractivity (Wildman–Crippen MR) is 123 cm³/mol. The number of benzene rings is 2. The van der Waals surface area contributed by atoms with Crippen molar-refractivity contribution in [2.45, 2.75) is 25.5 Å². The average Bonchev–Trinajstić information content (AvgIpc) is 2.76. The van der Waals surface area contributed by atoms with Gasteiger partial charge in [0.05, 0.1) is 17.9 Å². The highest BCUT2D eigenvalue weighted by Gasteiger charge is 2.35. The van der Waals surface area contributed by atoms with E-state index in [-0.39, 0.29) is 18.2 Å². The number of nitrogens with one attached hydrogen (secondary N) is 1. The van der Waals surface area contributed by atoms with E-state index in [4.69, 9.17) is 16.3 Å². The number of carbonyl (C=O) groups excluding carboxylic acids is 3. The van der Waals surface area contributed by atoms with E-state index in [2.05, 4.69) is 10.3 Å². The molecule has 0 aliphatic carbocycles. The fraction of sp³-hybridized carbons (Fsp3) is 0.273. The molecular formula is C22H22ClN3O4S. The van der Waals surface area contributed by atoms with Crippen LogP contribution in [0.25, 0.3) is 0 Å². The van der Waals surface area contributed by atoms with Crippen LogP contribution < -0.4 is 5.32 Å². The zero-order chi connectivity index (χ0) is 22.4. The first-order valence-electron chi connectivity index (χ1n) is 9.80. The molecule has 1 heterocycles. The number of amides is 2. The lowest BCUT2D eigenvalue weighted by molar-refractivity contribution is -0.129. The van der Waals surface area contributed by atoms with Crippen molar-refractivity contribution in [1.29, 1.82) is 0 Å².